The van der Waals surface area contributed by atoms with Crippen LogP contribution in [0.4, 0.5) is 5.13 Å². The molecule has 0 unspecified atom stereocenters. The minimum Gasteiger partial charge on any atom is -0.302 e. The number of anilines is 1. The van der Waals surface area contributed by atoms with Gasteiger partial charge in [-0.2, -0.15) is 0 Å². The zero-order valence-corrected chi connectivity index (χ0v) is 12.1. The molecule has 0 saturated carbocycles. The van der Waals surface area contributed by atoms with Gasteiger partial charge in [0.1, 0.15) is 0 Å². The topological polar surface area (TPSA) is 42.0 Å². The number of carbonyl (C=O) groups is 1. The smallest absolute Gasteiger partial charge is 0.223 e. The monoisotopic (exact) mass is 300 g/mol. The Morgan fingerprint density at radius 2 is 2.11 bits per heavy atom. The van der Waals surface area contributed by atoms with Crippen LogP contribution in [0.2, 0.25) is 10.0 Å². The van der Waals surface area contributed by atoms with Crippen molar-refractivity contribution in [1.82, 2.24) is 4.98 Å². The fraction of sp³-hybridized carbons (Fsp3) is 0.167. The summed E-state index contributed by atoms with van der Waals surface area (Å²) in [5.41, 5.74) is 1.58. The molecule has 1 amide bonds. The molecule has 6 heteroatoms. The summed E-state index contributed by atoms with van der Waals surface area (Å²) in [7, 11) is 0. The molecule has 0 radical (unpaired) electrons. The highest BCUT2D eigenvalue weighted by Gasteiger charge is 2.13. The molecule has 2 rings (SSSR count). The van der Waals surface area contributed by atoms with Crippen molar-refractivity contribution in [1.29, 1.82) is 0 Å². The van der Waals surface area contributed by atoms with Gasteiger partial charge in [0.05, 0.1) is 10.7 Å². The molecule has 1 aromatic heterocycles. The molecular formula is C12H10Cl2N2OS. The lowest BCUT2D eigenvalue weighted by Crippen LogP contribution is -2.04. The second kappa shape index (κ2) is 5.26. The van der Waals surface area contributed by atoms with Crippen LogP contribution in [-0.2, 0) is 4.79 Å². The summed E-state index contributed by atoms with van der Waals surface area (Å²) in [6.07, 6.45) is 0. The molecule has 2 aromatic rings. The van der Waals surface area contributed by atoms with Gasteiger partial charge in [-0.25, -0.2) is 4.98 Å². The molecule has 0 spiro atoms. The van der Waals surface area contributed by atoms with Gasteiger partial charge in [-0.3, -0.25) is 4.79 Å². The Kier molecular flexibility index (Phi) is 3.90. The number of nitrogens with zero attached hydrogens (tertiary/aromatic N) is 1. The second-order valence-electron chi connectivity index (χ2n) is 3.73. The lowest BCUT2D eigenvalue weighted by molar-refractivity contribution is -0.114. The lowest BCUT2D eigenvalue weighted by atomic mass is 10.1. The van der Waals surface area contributed by atoms with E-state index in [1.165, 1.54) is 18.3 Å². The number of thiazole rings is 1. The number of nitrogens with one attached hydrogen (secondary N) is 1. The van der Waals surface area contributed by atoms with Crippen molar-refractivity contribution in [2.24, 2.45) is 0 Å². The second-order valence-corrected chi connectivity index (χ2v) is 5.78. The molecule has 0 aliphatic carbocycles. The van der Waals surface area contributed by atoms with Gasteiger partial charge in [0.25, 0.3) is 0 Å². The van der Waals surface area contributed by atoms with E-state index in [0.29, 0.717) is 15.2 Å². The van der Waals surface area contributed by atoms with Gasteiger partial charge in [-0.1, -0.05) is 23.2 Å². The molecular weight excluding hydrogens is 291 g/mol. The molecule has 0 atom stereocenters. The van der Waals surface area contributed by atoms with Crippen LogP contribution in [0, 0.1) is 6.92 Å². The molecule has 0 fully saturated rings. The Hall–Kier alpha value is -1.10. The van der Waals surface area contributed by atoms with Gasteiger partial charge in [0, 0.05) is 22.4 Å². The van der Waals surface area contributed by atoms with Crippen molar-refractivity contribution in [3.63, 3.8) is 0 Å². The fourth-order valence-electron chi connectivity index (χ4n) is 1.53. The van der Waals surface area contributed by atoms with Crippen molar-refractivity contribution >= 4 is 45.6 Å². The molecule has 1 heterocycles. The fourth-order valence-corrected chi connectivity index (χ4v) is 2.90. The molecule has 0 saturated heterocycles. The number of aryl methyl sites for hydroxylation is 1. The van der Waals surface area contributed by atoms with Crippen LogP contribution >= 0.6 is 34.5 Å². The maximum atomic E-state index is 11.0. The highest BCUT2D eigenvalue weighted by atomic mass is 35.5. The largest absolute Gasteiger partial charge is 0.302 e. The van der Waals surface area contributed by atoms with E-state index in [4.69, 9.17) is 23.2 Å². The third kappa shape index (κ3) is 2.83. The van der Waals surface area contributed by atoms with Crippen molar-refractivity contribution in [3.8, 4) is 11.3 Å². The minimum absolute atomic E-state index is 0.141. The molecule has 18 heavy (non-hydrogen) atoms. The molecule has 3 nitrogen and oxygen atoms in total. The predicted molar refractivity (Wildman–Crippen MR) is 76.6 cm³/mol. The summed E-state index contributed by atoms with van der Waals surface area (Å²) in [4.78, 5) is 16.4. The van der Waals surface area contributed by atoms with E-state index in [1.54, 1.807) is 12.1 Å². The van der Waals surface area contributed by atoms with Gasteiger partial charge in [0.2, 0.25) is 5.91 Å². The first kappa shape index (κ1) is 13.3. The Morgan fingerprint density at radius 1 is 1.39 bits per heavy atom. The summed E-state index contributed by atoms with van der Waals surface area (Å²) in [6, 6.07) is 5.26. The zero-order valence-electron chi connectivity index (χ0n) is 9.75. The average Bonchev–Trinajstić information content (AvgIpc) is 2.58. The van der Waals surface area contributed by atoms with Crippen LogP contribution in [0.15, 0.2) is 18.2 Å². The maximum Gasteiger partial charge on any atom is 0.223 e. The van der Waals surface area contributed by atoms with E-state index < -0.39 is 0 Å². The van der Waals surface area contributed by atoms with E-state index in [-0.39, 0.29) is 5.91 Å². The van der Waals surface area contributed by atoms with Gasteiger partial charge in [-0.05, 0) is 25.1 Å². The number of hydrogen-bond donors (Lipinski definition) is 1. The third-order valence-corrected chi connectivity index (χ3v) is 3.70. The van der Waals surface area contributed by atoms with Crippen LogP contribution in [0.3, 0.4) is 0 Å². The highest BCUT2D eigenvalue weighted by molar-refractivity contribution is 7.16. The summed E-state index contributed by atoms with van der Waals surface area (Å²) >= 11 is 13.4. The molecule has 0 aliphatic heterocycles. The Bertz CT molecular complexity index is 610. The van der Waals surface area contributed by atoms with Crippen LogP contribution in [0.5, 0.6) is 0 Å². The van der Waals surface area contributed by atoms with Crippen molar-refractivity contribution < 1.29 is 4.79 Å². The van der Waals surface area contributed by atoms with Gasteiger partial charge >= 0.3 is 0 Å². The van der Waals surface area contributed by atoms with E-state index in [9.17, 15) is 4.79 Å². The Labute approximate surface area is 119 Å². The predicted octanol–water partition coefficient (Wildman–Crippen LogP) is 4.38. The summed E-state index contributed by atoms with van der Waals surface area (Å²) in [5, 5.41) is 4.37. The van der Waals surface area contributed by atoms with Crippen molar-refractivity contribution in [2.45, 2.75) is 13.8 Å². The quantitative estimate of drug-likeness (QED) is 0.894. The highest BCUT2D eigenvalue weighted by Crippen LogP contribution is 2.35. The van der Waals surface area contributed by atoms with Gasteiger partial charge in [0.15, 0.2) is 5.13 Å². The van der Waals surface area contributed by atoms with Crippen LogP contribution in [0.1, 0.15) is 11.8 Å². The third-order valence-electron chi connectivity index (χ3n) is 2.27. The van der Waals surface area contributed by atoms with Gasteiger partial charge in [-0.15, -0.1) is 11.3 Å². The van der Waals surface area contributed by atoms with Crippen molar-refractivity contribution in [2.75, 3.05) is 5.32 Å². The average molecular weight is 301 g/mol. The normalized spacial score (nSPS) is 10.4. The molecule has 0 bridgehead atoms. The number of aromatic nitrogens is 1. The van der Waals surface area contributed by atoms with E-state index in [0.717, 1.165) is 16.1 Å². The number of rotatable bonds is 2. The minimum atomic E-state index is -0.141. The first-order valence-corrected chi connectivity index (χ1v) is 6.75. The number of amides is 1. The summed E-state index contributed by atoms with van der Waals surface area (Å²) in [5.74, 6) is -0.141. The van der Waals surface area contributed by atoms with Crippen molar-refractivity contribution in [3.05, 3.63) is 33.1 Å². The number of halogens is 2. The summed E-state index contributed by atoms with van der Waals surface area (Å²) in [6.45, 7) is 3.38. The first-order valence-electron chi connectivity index (χ1n) is 5.18. The molecule has 1 N–H and O–H groups in total. The van der Waals surface area contributed by atoms with Crippen LogP contribution < -0.4 is 5.32 Å². The zero-order chi connectivity index (χ0) is 13.3. The van der Waals surface area contributed by atoms with E-state index in [2.05, 4.69) is 10.3 Å². The van der Waals surface area contributed by atoms with Gasteiger partial charge < -0.3 is 5.32 Å². The van der Waals surface area contributed by atoms with E-state index >= 15 is 0 Å². The summed E-state index contributed by atoms with van der Waals surface area (Å²) < 4.78 is 0. The van der Waals surface area contributed by atoms with E-state index in [1.807, 2.05) is 13.0 Å². The molecule has 0 aliphatic rings. The maximum absolute atomic E-state index is 11.0. The van der Waals surface area contributed by atoms with Crippen LogP contribution in [0.25, 0.3) is 11.3 Å². The lowest BCUT2D eigenvalue weighted by Gasteiger charge is -2.02. The number of hydrogen-bond acceptors (Lipinski definition) is 3. The molecule has 1 aromatic carbocycles. The number of benzene rings is 1. The first-order chi connectivity index (χ1) is 8.47. The Morgan fingerprint density at radius 3 is 2.72 bits per heavy atom. The Balaban J connectivity index is 2.44. The van der Waals surface area contributed by atoms with Crippen LogP contribution in [-0.4, -0.2) is 10.9 Å². The number of carbonyl (C=O) groups excluding carboxylic acids is 1. The SMILES string of the molecule is CC(=O)Nc1nc(-c2ccc(Cl)cc2Cl)c(C)s1. The molecule has 94 valence electrons. The standard InChI is InChI=1S/C12H10Cl2N2OS/c1-6-11(16-12(18-6)15-7(2)17)9-4-3-8(13)5-10(9)14/h3-5H,1-2H3,(H,15,16,17).